The van der Waals surface area contributed by atoms with Crippen molar-refractivity contribution in [2.75, 3.05) is 5.32 Å². The van der Waals surface area contributed by atoms with Crippen LogP contribution in [0, 0.1) is 10.1 Å². The Morgan fingerprint density at radius 3 is 2.37 bits per heavy atom. The first-order chi connectivity index (χ1) is 14.4. The van der Waals surface area contributed by atoms with Gasteiger partial charge in [-0.3, -0.25) is 19.7 Å². The summed E-state index contributed by atoms with van der Waals surface area (Å²) in [6.45, 7) is 0. The van der Waals surface area contributed by atoms with Crippen molar-refractivity contribution < 1.29 is 14.5 Å². The summed E-state index contributed by atoms with van der Waals surface area (Å²) in [6, 6.07) is 20.7. The number of para-hydroxylation sites is 1. The Balaban J connectivity index is 1.93. The number of non-ortho nitro benzene ring substituents is 1. The Morgan fingerprint density at radius 2 is 1.67 bits per heavy atom. The van der Waals surface area contributed by atoms with Crippen LogP contribution in [-0.2, 0) is 4.79 Å². The molecular formula is C22H16ClN3O4. The molecule has 0 atom stereocenters. The van der Waals surface area contributed by atoms with Crippen molar-refractivity contribution in [3.63, 3.8) is 0 Å². The van der Waals surface area contributed by atoms with Crippen molar-refractivity contribution >= 4 is 40.9 Å². The number of nitro groups is 1. The number of hydrogen-bond acceptors (Lipinski definition) is 4. The van der Waals surface area contributed by atoms with E-state index in [-0.39, 0.29) is 16.9 Å². The molecule has 0 aliphatic rings. The third-order valence-electron chi connectivity index (χ3n) is 4.00. The summed E-state index contributed by atoms with van der Waals surface area (Å²) in [4.78, 5) is 35.9. The monoisotopic (exact) mass is 421 g/mol. The van der Waals surface area contributed by atoms with E-state index in [9.17, 15) is 19.7 Å². The standard InChI is InChI=1S/C22H16ClN3O4/c23-17-8-5-7-16(14-17)21(27)25-20(22(28)24-18-9-2-1-3-10-18)13-15-6-4-11-19(12-15)26(29)30/h1-14H,(H,24,28)(H,25,27)/b20-13+. The van der Waals surface area contributed by atoms with Crippen molar-refractivity contribution in [2.24, 2.45) is 0 Å². The van der Waals surface area contributed by atoms with E-state index in [0.29, 0.717) is 16.3 Å². The highest BCUT2D eigenvalue weighted by Crippen LogP contribution is 2.17. The first kappa shape index (κ1) is 20.8. The van der Waals surface area contributed by atoms with E-state index in [1.54, 1.807) is 54.6 Å². The van der Waals surface area contributed by atoms with E-state index in [1.165, 1.54) is 30.3 Å². The summed E-state index contributed by atoms with van der Waals surface area (Å²) in [5.41, 5.74) is 0.968. The lowest BCUT2D eigenvalue weighted by molar-refractivity contribution is -0.384. The number of nitro benzene ring substituents is 1. The Bertz CT molecular complexity index is 1130. The van der Waals surface area contributed by atoms with Crippen molar-refractivity contribution in [1.29, 1.82) is 0 Å². The average molecular weight is 422 g/mol. The number of carbonyl (C=O) groups excluding carboxylic acids is 2. The molecule has 0 bridgehead atoms. The molecule has 0 radical (unpaired) electrons. The Morgan fingerprint density at radius 1 is 0.933 bits per heavy atom. The van der Waals surface area contributed by atoms with Gasteiger partial charge in [0.15, 0.2) is 0 Å². The molecule has 0 fully saturated rings. The van der Waals surface area contributed by atoms with Gasteiger partial charge in [-0.2, -0.15) is 0 Å². The molecule has 0 spiro atoms. The number of amides is 2. The molecule has 3 aromatic carbocycles. The Hall–Kier alpha value is -3.97. The number of anilines is 1. The Labute approximate surface area is 177 Å². The zero-order chi connectivity index (χ0) is 21.5. The van der Waals surface area contributed by atoms with E-state index in [4.69, 9.17) is 11.6 Å². The maximum atomic E-state index is 12.8. The molecule has 0 aliphatic heterocycles. The van der Waals surface area contributed by atoms with Crippen molar-refractivity contribution in [3.8, 4) is 0 Å². The number of nitrogens with zero attached hydrogens (tertiary/aromatic N) is 1. The molecule has 30 heavy (non-hydrogen) atoms. The predicted molar refractivity (Wildman–Crippen MR) is 115 cm³/mol. The highest BCUT2D eigenvalue weighted by molar-refractivity contribution is 6.31. The van der Waals surface area contributed by atoms with Gasteiger partial charge >= 0.3 is 0 Å². The fraction of sp³-hybridized carbons (Fsp3) is 0. The zero-order valence-corrected chi connectivity index (χ0v) is 16.3. The van der Waals surface area contributed by atoms with Crippen molar-refractivity contribution in [1.82, 2.24) is 5.32 Å². The smallest absolute Gasteiger partial charge is 0.272 e. The fourth-order valence-corrected chi connectivity index (χ4v) is 2.79. The first-order valence-electron chi connectivity index (χ1n) is 8.82. The van der Waals surface area contributed by atoms with Gasteiger partial charge in [-0.1, -0.05) is 48.0 Å². The largest absolute Gasteiger partial charge is 0.321 e. The van der Waals surface area contributed by atoms with Crippen molar-refractivity contribution in [2.45, 2.75) is 0 Å². The van der Waals surface area contributed by atoms with Crippen LogP contribution >= 0.6 is 11.6 Å². The minimum Gasteiger partial charge on any atom is -0.321 e. The second-order valence-electron chi connectivity index (χ2n) is 6.19. The van der Waals surface area contributed by atoms with Gasteiger partial charge in [0, 0.05) is 28.4 Å². The number of carbonyl (C=O) groups is 2. The number of rotatable bonds is 6. The van der Waals surface area contributed by atoms with E-state index < -0.39 is 16.7 Å². The molecule has 8 heteroatoms. The lowest BCUT2D eigenvalue weighted by Gasteiger charge is -2.11. The molecule has 150 valence electrons. The van der Waals surface area contributed by atoms with Gasteiger partial charge in [0.05, 0.1) is 4.92 Å². The van der Waals surface area contributed by atoms with E-state index in [0.717, 1.165) is 0 Å². The predicted octanol–water partition coefficient (Wildman–Crippen LogP) is 4.66. The molecule has 0 aliphatic carbocycles. The Kier molecular flexibility index (Phi) is 6.56. The zero-order valence-electron chi connectivity index (χ0n) is 15.5. The van der Waals surface area contributed by atoms with Crippen LogP contribution in [0.5, 0.6) is 0 Å². The van der Waals surface area contributed by atoms with Crippen LogP contribution < -0.4 is 10.6 Å². The summed E-state index contributed by atoms with van der Waals surface area (Å²) >= 11 is 5.93. The lowest BCUT2D eigenvalue weighted by Crippen LogP contribution is -2.30. The number of nitrogens with one attached hydrogen (secondary N) is 2. The van der Waals surface area contributed by atoms with E-state index in [1.807, 2.05) is 0 Å². The molecule has 0 unspecified atom stereocenters. The quantitative estimate of drug-likeness (QED) is 0.343. The van der Waals surface area contributed by atoms with Crippen LogP contribution in [0.1, 0.15) is 15.9 Å². The number of hydrogen-bond donors (Lipinski definition) is 2. The topological polar surface area (TPSA) is 101 Å². The van der Waals surface area contributed by atoms with Gasteiger partial charge in [-0.25, -0.2) is 0 Å². The minimum atomic E-state index is -0.580. The molecule has 7 nitrogen and oxygen atoms in total. The van der Waals surface area contributed by atoms with Crippen LogP contribution in [0.4, 0.5) is 11.4 Å². The van der Waals surface area contributed by atoms with E-state index >= 15 is 0 Å². The maximum absolute atomic E-state index is 12.8. The number of benzene rings is 3. The van der Waals surface area contributed by atoms with Crippen molar-refractivity contribution in [3.05, 3.63) is 111 Å². The molecule has 3 rings (SSSR count). The molecule has 3 aromatic rings. The highest BCUT2D eigenvalue weighted by atomic mass is 35.5. The first-order valence-corrected chi connectivity index (χ1v) is 9.19. The average Bonchev–Trinajstić information content (AvgIpc) is 2.74. The fourth-order valence-electron chi connectivity index (χ4n) is 2.60. The van der Waals surface area contributed by atoms with Gasteiger partial charge < -0.3 is 10.6 Å². The second kappa shape index (κ2) is 9.49. The molecular weight excluding hydrogens is 406 g/mol. The molecule has 2 amide bonds. The van der Waals surface area contributed by atoms with Crippen LogP contribution in [0.25, 0.3) is 6.08 Å². The van der Waals surface area contributed by atoms with Gasteiger partial charge in [0.2, 0.25) is 0 Å². The maximum Gasteiger partial charge on any atom is 0.272 e. The van der Waals surface area contributed by atoms with Gasteiger partial charge in [-0.05, 0) is 42.0 Å². The normalized spacial score (nSPS) is 10.9. The highest BCUT2D eigenvalue weighted by Gasteiger charge is 2.16. The molecule has 0 saturated carbocycles. The summed E-state index contributed by atoms with van der Waals surface area (Å²) in [5, 5.41) is 16.7. The molecule has 0 aromatic heterocycles. The summed E-state index contributed by atoms with van der Waals surface area (Å²) < 4.78 is 0. The molecule has 0 saturated heterocycles. The minimum absolute atomic E-state index is 0.0793. The van der Waals surface area contributed by atoms with Gasteiger partial charge in [0.25, 0.3) is 17.5 Å². The third kappa shape index (κ3) is 5.52. The number of halogens is 1. The molecule has 2 N–H and O–H groups in total. The van der Waals surface area contributed by atoms with Crippen LogP contribution in [0.3, 0.4) is 0 Å². The third-order valence-corrected chi connectivity index (χ3v) is 4.24. The lowest BCUT2D eigenvalue weighted by atomic mass is 10.1. The van der Waals surface area contributed by atoms with E-state index in [2.05, 4.69) is 10.6 Å². The van der Waals surface area contributed by atoms with Crippen LogP contribution in [0.2, 0.25) is 5.02 Å². The van der Waals surface area contributed by atoms with Crippen LogP contribution in [0.15, 0.2) is 84.6 Å². The van der Waals surface area contributed by atoms with Crippen LogP contribution in [-0.4, -0.2) is 16.7 Å². The molecule has 0 heterocycles. The second-order valence-corrected chi connectivity index (χ2v) is 6.63. The summed E-state index contributed by atoms with van der Waals surface area (Å²) in [7, 11) is 0. The SMILES string of the molecule is O=C(Nc1ccccc1)/C(=C\c1cccc([N+](=O)[O-])c1)NC(=O)c1cccc(Cl)c1. The summed E-state index contributed by atoms with van der Waals surface area (Å²) in [5.74, 6) is -1.12. The summed E-state index contributed by atoms with van der Waals surface area (Å²) in [6.07, 6.45) is 1.37. The van der Waals surface area contributed by atoms with Gasteiger partial charge in [-0.15, -0.1) is 0 Å². The van der Waals surface area contributed by atoms with Gasteiger partial charge in [0.1, 0.15) is 5.70 Å².